The molecule has 4 nitrogen and oxygen atoms in total. The van der Waals surface area contributed by atoms with Crippen LogP contribution < -0.4 is 0 Å². The molecule has 0 spiro atoms. The highest BCUT2D eigenvalue weighted by Crippen LogP contribution is 2.28. The number of fused-ring (bicyclic) bond motifs is 2. The predicted octanol–water partition coefficient (Wildman–Crippen LogP) is 1.26. The second-order valence-electron chi connectivity index (χ2n) is 5.00. The first-order valence-corrected chi connectivity index (χ1v) is 6.31. The largest absolute Gasteiger partial charge is 0.480 e. The molecular formula is C14H15NO3. The summed E-state index contributed by atoms with van der Waals surface area (Å²) >= 11 is 0. The second-order valence-corrected chi connectivity index (χ2v) is 5.00. The van der Waals surface area contributed by atoms with Crippen LogP contribution in [0.4, 0.5) is 0 Å². The van der Waals surface area contributed by atoms with Gasteiger partial charge in [-0.2, -0.15) is 0 Å². The first kappa shape index (κ1) is 11.3. The third-order valence-corrected chi connectivity index (χ3v) is 3.81. The number of benzene rings is 1. The number of aryl methyl sites for hydroxylation is 2. The number of carbonyl (C=O) groups is 2. The second kappa shape index (κ2) is 4.12. The Morgan fingerprint density at radius 3 is 2.61 bits per heavy atom. The van der Waals surface area contributed by atoms with Gasteiger partial charge in [-0.05, 0) is 48.4 Å². The molecule has 94 valence electrons. The maximum Gasteiger partial charge on any atom is 0.323 e. The molecule has 2 aliphatic rings. The van der Waals surface area contributed by atoms with Gasteiger partial charge in [-0.1, -0.05) is 6.07 Å². The van der Waals surface area contributed by atoms with Crippen molar-refractivity contribution >= 4 is 11.9 Å². The SMILES string of the molecule is O=C(O)CN1CCc2cc3c(cc2C1=O)CCC3. The van der Waals surface area contributed by atoms with E-state index in [4.69, 9.17) is 5.11 Å². The summed E-state index contributed by atoms with van der Waals surface area (Å²) in [6, 6.07) is 4.13. The van der Waals surface area contributed by atoms with Crippen molar-refractivity contribution in [3.63, 3.8) is 0 Å². The van der Waals surface area contributed by atoms with Crippen molar-refractivity contribution in [2.45, 2.75) is 25.7 Å². The Labute approximate surface area is 105 Å². The van der Waals surface area contributed by atoms with Crippen LogP contribution >= 0.6 is 0 Å². The fourth-order valence-corrected chi connectivity index (χ4v) is 2.92. The quantitative estimate of drug-likeness (QED) is 0.853. The minimum absolute atomic E-state index is 0.131. The number of carboxylic acids is 1. The smallest absolute Gasteiger partial charge is 0.323 e. The molecular weight excluding hydrogens is 230 g/mol. The molecule has 0 fully saturated rings. The van der Waals surface area contributed by atoms with E-state index in [-0.39, 0.29) is 12.5 Å². The number of rotatable bonds is 2. The molecule has 0 atom stereocenters. The zero-order valence-corrected chi connectivity index (χ0v) is 10.1. The first-order chi connectivity index (χ1) is 8.65. The van der Waals surface area contributed by atoms with Gasteiger partial charge in [0, 0.05) is 12.1 Å². The highest BCUT2D eigenvalue weighted by molar-refractivity contribution is 5.98. The summed E-state index contributed by atoms with van der Waals surface area (Å²) in [6.07, 6.45) is 4.07. The Bertz CT molecular complexity index is 536. The molecule has 3 rings (SSSR count). The van der Waals surface area contributed by atoms with Crippen LogP contribution in [0.25, 0.3) is 0 Å². The van der Waals surface area contributed by atoms with Gasteiger partial charge in [0.2, 0.25) is 0 Å². The van der Waals surface area contributed by atoms with Crippen LogP contribution in [0.2, 0.25) is 0 Å². The van der Waals surface area contributed by atoms with Gasteiger partial charge in [0.05, 0.1) is 0 Å². The molecule has 1 heterocycles. The van der Waals surface area contributed by atoms with Crippen LogP contribution in [-0.4, -0.2) is 35.0 Å². The molecule has 0 bridgehead atoms. The lowest BCUT2D eigenvalue weighted by atomic mass is 9.94. The molecule has 0 aromatic heterocycles. The highest BCUT2D eigenvalue weighted by atomic mass is 16.4. The van der Waals surface area contributed by atoms with E-state index in [0.29, 0.717) is 12.1 Å². The van der Waals surface area contributed by atoms with Crippen molar-refractivity contribution in [3.05, 3.63) is 34.4 Å². The normalized spacial score (nSPS) is 17.6. The molecule has 18 heavy (non-hydrogen) atoms. The number of nitrogens with zero attached hydrogens (tertiary/aromatic N) is 1. The topological polar surface area (TPSA) is 57.6 Å². The van der Waals surface area contributed by atoms with E-state index >= 15 is 0 Å². The Hall–Kier alpha value is -1.84. The van der Waals surface area contributed by atoms with Crippen LogP contribution in [0.1, 0.15) is 33.5 Å². The van der Waals surface area contributed by atoms with Gasteiger partial charge in [0.15, 0.2) is 0 Å². The van der Waals surface area contributed by atoms with E-state index in [1.807, 2.05) is 6.07 Å². The van der Waals surface area contributed by atoms with Crippen LogP contribution in [-0.2, 0) is 24.1 Å². The molecule has 0 radical (unpaired) electrons. The number of hydrogen-bond donors (Lipinski definition) is 1. The third kappa shape index (κ3) is 1.78. The van der Waals surface area contributed by atoms with Gasteiger partial charge < -0.3 is 10.0 Å². The number of carboxylic acid groups (broad SMARTS) is 1. The van der Waals surface area contributed by atoms with E-state index < -0.39 is 5.97 Å². The monoisotopic (exact) mass is 245 g/mol. The third-order valence-electron chi connectivity index (χ3n) is 3.81. The average Bonchev–Trinajstić information content (AvgIpc) is 2.77. The standard InChI is InChI=1S/C14H15NO3/c16-13(17)8-15-5-4-11-6-9-2-1-3-10(9)7-12(11)14(15)18/h6-7H,1-5,8H2,(H,16,17). The van der Waals surface area contributed by atoms with Crippen molar-refractivity contribution in [1.29, 1.82) is 0 Å². The fourth-order valence-electron chi connectivity index (χ4n) is 2.92. The Balaban J connectivity index is 1.95. The summed E-state index contributed by atoms with van der Waals surface area (Å²) in [5.74, 6) is -1.08. The molecule has 1 amide bonds. The van der Waals surface area contributed by atoms with Gasteiger partial charge >= 0.3 is 5.97 Å². The highest BCUT2D eigenvalue weighted by Gasteiger charge is 2.27. The predicted molar refractivity (Wildman–Crippen MR) is 65.7 cm³/mol. The van der Waals surface area contributed by atoms with Crippen molar-refractivity contribution in [2.24, 2.45) is 0 Å². The lowest BCUT2D eigenvalue weighted by Crippen LogP contribution is -2.40. The van der Waals surface area contributed by atoms with Crippen molar-refractivity contribution in [2.75, 3.05) is 13.1 Å². The Kier molecular flexibility index (Phi) is 2.58. The molecule has 0 saturated carbocycles. The fraction of sp³-hybridized carbons (Fsp3) is 0.429. The molecule has 1 aromatic rings. The summed E-state index contributed by atoms with van der Waals surface area (Å²) in [7, 11) is 0. The number of aliphatic carboxylic acids is 1. The molecule has 1 aromatic carbocycles. The van der Waals surface area contributed by atoms with Crippen LogP contribution in [0.5, 0.6) is 0 Å². The van der Waals surface area contributed by atoms with Crippen LogP contribution in [0.15, 0.2) is 12.1 Å². The van der Waals surface area contributed by atoms with E-state index in [1.54, 1.807) is 0 Å². The molecule has 1 N–H and O–H groups in total. The molecule has 0 unspecified atom stereocenters. The minimum atomic E-state index is -0.951. The number of carbonyl (C=O) groups excluding carboxylic acids is 1. The van der Waals surface area contributed by atoms with Crippen molar-refractivity contribution in [3.8, 4) is 0 Å². The van der Waals surface area contributed by atoms with Gasteiger partial charge in [-0.25, -0.2) is 0 Å². The number of hydrogen-bond acceptors (Lipinski definition) is 2. The summed E-state index contributed by atoms with van der Waals surface area (Å²) in [6.45, 7) is 0.312. The Morgan fingerprint density at radius 2 is 1.89 bits per heavy atom. The molecule has 1 aliphatic carbocycles. The average molecular weight is 245 g/mol. The van der Waals surface area contributed by atoms with Gasteiger partial charge in [-0.3, -0.25) is 9.59 Å². The lowest BCUT2D eigenvalue weighted by Gasteiger charge is -2.27. The minimum Gasteiger partial charge on any atom is -0.480 e. The van der Waals surface area contributed by atoms with Gasteiger partial charge in [0.25, 0.3) is 5.91 Å². The zero-order valence-electron chi connectivity index (χ0n) is 10.1. The maximum absolute atomic E-state index is 12.2. The summed E-state index contributed by atoms with van der Waals surface area (Å²) < 4.78 is 0. The Morgan fingerprint density at radius 1 is 1.17 bits per heavy atom. The van der Waals surface area contributed by atoms with Crippen LogP contribution in [0.3, 0.4) is 0 Å². The molecule has 4 heteroatoms. The maximum atomic E-state index is 12.2. The van der Waals surface area contributed by atoms with Gasteiger partial charge in [-0.15, -0.1) is 0 Å². The van der Waals surface area contributed by atoms with E-state index in [1.165, 1.54) is 16.0 Å². The molecule has 1 aliphatic heterocycles. The van der Waals surface area contributed by atoms with Gasteiger partial charge in [0.1, 0.15) is 6.54 Å². The lowest BCUT2D eigenvalue weighted by molar-refractivity contribution is -0.137. The van der Waals surface area contributed by atoms with E-state index in [2.05, 4.69) is 6.07 Å². The van der Waals surface area contributed by atoms with E-state index in [9.17, 15) is 9.59 Å². The van der Waals surface area contributed by atoms with E-state index in [0.717, 1.165) is 31.2 Å². The summed E-state index contributed by atoms with van der Waals surface area (Å²) in [4.78, 5) is 24.4. The first-order valence-electron chi connectivity index (χ1n) is 6.31. The van der Waals surface area contributed by atoms with Crippen molar-refractivity contribution < 1.29 is 14.7 Å². The summed E-state index contributed by atoms with van der Waals surface area (Å²) in [5.41, 5.74) is 4.43. The van der Waals surface area contributed by atoms with Crippen LogP contribution in [0, 0.1) is 0 Å². The van der Waals surface area contributed by atoms with Crippen molar-refractivity contribution in [1.82, 2.24) is 4.90 Å². The summed E-state index contributed by atoms with van der Waals surface area (Å²) in [5, 5.41) is 8.79. The zero-order chi connectivity index (χ0) is 12.7. The number of amides is 1. The molecule has 0 saturated heterocycles.